The van der Waals surface area contributed by atoms with Crippen LogP contribution < -0.4 is 11.3 Å². The van der Waals surface area contributed by atoms with Crippen molar-refractivity contribution < 1.29 is 0 Å². The molecule has 0 spiro atoms. The molecule has 1 aromatic rings. The Bertz CT molecular complexity index is 440. The van der Waals surface area contributed by atoms with Crippen LogP contribution in [0.3, 0.4) is 0 Å². The highest BCUT2D eigenvalue weighted by molar-refractivity contribution is 5.36. The summed E-state index contributed by atoms with van der Waals surface area (Å²) in [7, 11) is 0. The normalized spacial score (nSPS) is 14.9. The lowest BCUT2D eigenvalue weighted by atomic mass is 9.98. The summed E-state index contributed by atoms with van der Waals surface area (Å²) in [5, 5.41) is 0. The minimum Gasteiger partial charge on any atom is -0.271 e. The maximum atomic E-state index is 5.63. The minimum atomic E-state index is 0.224. The van der Waals surface area contributed by atoms with Gasteiger partial charge < -0.3 is 0 Å². The maximum Gasteiger partial charge on any atom is 0.0469 e. The zero-order valence-electron chi connectivity index (χ0n) is 10.4. The molecule has 1 unspecified atom stereocenters. The van der Waals surface area contributed by atoms with Crippen molar-refractivity contribution in [2.45, 2.75) is 45.1 Å². The van der Waals surface area contributed by atoms with E-state index in [-0.39, 0.29) is 6.04 Å². The SMILES string of the molecule is CC#CCCC(NN)c1ccc2c(c1)CCC2. The molecule has 2 nitrogen and oxygen atoms in total. The second-order valence-corrected chi connectivity index (χ2v) is 4.57. The minimum absolute atomic E-state index is 0.224. The quantitative estimate of drug-likeness (QED) is 0.472. The van der Waals surface area contributed by atoms with Gasteiger partial charge in [-0.15, -0.1) is 11.8 Å². The second kappa shape index (κ2) is 5.86. The molecule has 0 aromatic heterocycles. The van der Waals surface area contributed by atoms with E-state index in [1.54, 1.807) is 0 Å². The molecule has 3 N–H and O–H groups in total. The van der Waals surface area contributed by atoms with E-state index in [4.69, 9.17) is 5.84 Å². The van der Waals surface area contributed by atoms with Crippen LogP contribution >= 0.6 is 0 Å². The van der Waals surface area contributed by atoms with Gasteiger partial charge in [0.15, 0.2) is 0 Å². The predicted octanol–water partition coefficient (Wildman–Crippen LogP) is 2.48. The van der Waals surface area contributed by atoms with Crippen molar-refractivity contribution in [3.63, 3.8) is 0 Å². The third kappa shape index (κ3) is 2.88. The highest BCUT2D eigenvalue weighted by Gasteiger charge is 2.14. The van der Waals surface area contributed by atoms with E-state index in [0.717, 1.165) is 12.8 Å². The van der Waals surface area contributed by atoms with Crippen LogP contribution in [-0.4, -0.2) is 0 Å². The van der Waals surface area contributed by atoms with Gasteiger partial charge in [-0.25, -0.2) is 0 Å². The third-order valence-corrected chi connectivity index (χ3v) is 3.46. The van der Waals surface area contributed by atoms with Gasteiger partial charge in [0.25, 0.3) is 0 Å². The second-order valence-electron chi connectivity index (χ2n) is 4.57. The van der Waals surface area contributed by atoms with Crippen molar-refractivity contribution in [3.8, 4) is 11.8 Å². The summed E-state index contributed by atoms with van der Waals surface area (Å²) in [5.41, 5.74) is 7.21. The van der Waals surface area contributed by atoms with Crippen molar-refractivity contribution in [2.75, 3.05) is 0 Å². The molecule has 2 heteroatoms. The Kier molecular flexibility index (Phi) is 4.19. The molecule has 0 radical (unpaired) electrons. The summed E-state index contributed by atoms with van der Waals surface area (Å²) in [6, 6.07) is 7.00. The summed E-state index contributed by atoms with van der Waals surface area (Å²) in [6.07, 6.45) is 5.60. The highest BCUT2D eigenvalue weighted by Crippen LogP contribution is 2.26. The fraction of sp³-hybridized carbons (Fsp3) is 0.467. The molecule has 90 valence electrons. The summed E-state index contributed by atoms with van der Waals surface area (Å²) in [6.45, 7) is 1.88. The Balaban J connectivity index is 2.10. The molecule has 0 aliphatic heterocycles. The molecule has 1 aliphatic carbocycles. The maximum absolute atomic E-state index is 5.63. The van der Waals surface area contributed by atoms with Gasteiger partial charge in [-0.1, -0.05) is 18.2 Å². The molecule has 1 aromatic carbocycles. The molecular formula is C15H20N2. The van der Waals surface area contributed by atoms with E-state index in [9.17, 15) is 0 Å². The Morgan fingerprint density at radius 2 is 2.18 bits per heavy atom. The average Bonchev–Trinajstić information content (AvgIpc) is 2.82. The number of nitrogens with one attached hydrogen (secondary N) is 1. The van der Waals surface area contributed by atoms with Gasteiger partial charge in [-0.05, 0) is 49.3 Å². The highest BCUT2D eigenvalue weighted by atomic mass is 15.2. The van der Waals surface area contributed by atoms with E-state index < -0.39 is 0 Å². The van der Waals surface area contributed by atoms with E-state index in [1.165, 1.54) is 36.0 Å². The van der Waals surface area contributed by atoms with Gasteiger partial charge in [0.1, 0.15) is 0 Å². The van der Waals surface area contributed by atoms with Crippen LogP contribution in [0.1, 0.15) is 48.9 Å². The topological polar surface area (TPSA) is 38.0 Å². The summed E-state index contributed by atoms with van der Waals surface area (Å²) in [4.78, 5) is 0. The number of fused-ring (bicyclic) bond motifs is 1. The molecule has 2 rings (SSSR count). The van der Waals surface area contributed by atoms with Gasteiger partial charge >= 0.3 is 0 Å². The number of rotatable bonds is 4. The molecule has 0 saturated carbocycles. The lowest BCUT2D eigenvalue weighted by Gasteiger charge is -2.16. The van der Waals surface area contributed by atoms with Crippen molar-refractivity contribution in [1.29, 1.82) is 0 Å². The molecule has 1 atom stereocenters. The van der Waals surface area contributed by atoms with Crippen LogP contribution in [0.15, 0.2) is 18.2 Å². The fourth-order valence-electron chi connectivity index (χ4n) is 2.50. The van der Waals surface area contributed by atoms with Gasteiger partial charge in [-0.2, -0.15) is 0 Å². The van der Waals surface area contributed by atoms with Crippen molar-refractivity contribution in [2.24, 2.45) is 5.84 Å². The fourth-order valence-corrected chi connectivity index (χ4v) is 2.50. The third-order valence-electron chi connectivity index (χ3n) is 3.46. The van der Waals surface area contributed by atoms with Gasteiger partial charge in [0.2, 0.25) is 0 Å². The standard InChI is InChI=1S/C15H20N2/c1-2-3-4-8-15(17-16)14-10-9-12-6-5-7-13(12)11-14/h9-11,15,17H,4-8,16H2,1H3. The van der Waals surface area contributed by atoms with E-state index in [2.05, 4.69) is 35.5 Å². The number of nitrogens with two attached hydrogens (primary N) is 1. The van der Waals surface area contributed by atoms with Crippen LogP contribution in [0.25, 0.3) is 0 Å². The molecule has 17 heavy (non-hydrogen) atoms. The zero-order chi connectivity index (χ0) is 12.1. The molecule has 0 saturated heterocycles. The summed E-state index contributed by atoms with van der Waals surface area (Å²) < 4.78 is 0. The first-order chi connectivity index (χ1) is 8.35. The first-order valence-electron chi connectivity index (χ1n) is 6.32. The van der Waals surface area contributed by atoms with Crippen LogP contribution in [0.2, 0.25) is 0 Å². The van der Waals surface area contributed by atoms with E-state index in [0.29, 0.717) is 0 Å². The van der Waals surface area contributed by atoms with E-state index >= 15 is 0 Å². The lowest BCUT2D eigenvalue weighted by Crippen LogP contribution is -2.28. The zero-order valence-corrected chi connectivity index (χ0v) is 10.4. The Hall–Kier alpha value is -1.30. The first kappa shape index (κ1) is 12.2. The van der Waals surface area contributed by atoms with Crippen LogP contribution in [0.4, 0.5) is 0 Å². The smallest absolute Gasteiger partial charge is 0.0469 e. The Morgan fingerprint density at radius 1 is 1.35 bits per heavy atom. The molecule has 0 amide bonds. The Labute approximate surface area is 104 Å². The van der Waals surface area contributed by atoms with Gasteiger partial charge in [0.05, 0.1) is 0 Å². The number of hydrogen-bond acceptors (Lipinski definition) is 2. The molecular weight excluding hydrogens is 208 g/mol. The van der Waals surface area contributed by atoms with Crippen LogP contribution in [-0.2, 0) is 12.8 Å². The lowest BCUT2D eigenvalue weighted by molar-refractivity contribution is 0.523. The predicted molar refractivity (Wildman–Crippen MR) is 71.2 cm³/mol. The summed E-state index contributed by atoms with van der Waals surface area (Å²) >= 11 is 0. The van der Waals surface area contributed by atoms with Crippen LogP contribution in [0, 0.1) is 11.8 Å². The average molecular weight is 228 g/mol. The summed E-state index contributed by atoms with van der Waals surface area (Å²) in [5.74, 6) is 11.6. The largest absolute Gasteiger partial charge is 0.271 e. The Morgan fingerprint density at radius 3 is 2.94 bits per heavy atom. The number of benzene rings is 1. The van der Waals surface area contributed by atoms with Gasteiger partial charge in [0, 0.05) is 12.5 Å². The van der Waals surface area contributed by atoms with Crippen molar-refractivity contribution in [3.05, 3.63) is 34.9 Å². The number of hydrogen-bond donors (Lipinski definition) is 2. The first-order valence-corrected chi connectivity index (χ1v) is 6.32. The molecule has 0 heterocycles. The molecule has 1 aliphatic rings. The van der Waals surface area contributed by atoms with Crippen molar-refractivity contribution >= 4 is 0 Å². The van der Waals surface area contributed by atoms with Gasteiger partial charge in [-0.3, -0.25) is 11.3 Å². The molecule has 0 fully saturated rings. The van der Waals surface area contributed by atoms with E-state index in [1.807, 2.05) is 6.92 Å². The number of hydrazine groups is 1. The van der Waals surface area contributed by atoms with Crippen molar-refractivity contribution in [1.82, 2.24) is 5.43 Å². The monoisotopic (exact) mass is 228 g/mol. The number of aryl methyl sites for hydroxylation is 2. The van der Waals surface area contributed by atoms with Crippen LogP contribution in [0.5, 0.6) is 0 Å². The molecule has 0 bridgehead atoms.